The standard InChI is InChI=1S/C26H31N5O6S/c1-29(2)38(33,34)20-8-6-18(7-9-20)26(32)31-14-12-30(13-15-31)24-11-10-21(27-28-24)19-16-22(35-3)25(37-5)23(17-19)36-4/h6-11,16-17H,12-15H2,1-5H3. The number of methoxy groups -OCH3 is 3. The van der Waals surface area contributed by atoms with Crippen molar-refractivity contribution in [1.29, 1.82) is 0 Å². The summed E-state index contributed by atoms with van der Waals surface area (Å²) in [7, 11) is 4.07. The Morgan fingerprint density at radius 2 is 1.45 bits per heavy atom. The molecular formula is C26H31N5O6S. The highest BCUT2D eigenvalue weighted by Crippen LogP contribution is 2.40. The molecule has 1 fully saturated rings. The second-order valence-electron chi connectivity index (χ2n) is 8.78. The predicted octanol–water partition coefficient (Wildman–Crippen LogP) is 2.38. The van der Waals surface area contributed by atoms with E-state index in [1.54, 1.807) is 38.4 Å². The molecule has 1 aliphatic rings. The zero-order chi connectivity index (χ0) is 27.4. The van der Waals surface area contributed by atoms with Crippen LogP contribution in [0.1, 0.15) is 10.4 Å². The number of aromatic nitrogens is 2. The number of anilines is 1. The Morgan fingerprint density at radius 3 is 1.92 bits per heavy atom. The first-order valence-corrected chi connectivity index (χ1v) is 13.3. The first-order chi connectivity index (χ1) is 18.2. The van der Waals surface area contributed by atoms with E-state index >= 15 is 0 Å². The predicted molar refractivity (Wildman–Crippen MR) is 143 cm³/mol. The van der Waals surface area contributed by atoms with Crippen LogP contribution in [-0.4, -0.2) is 95.3 Å². The Kier molecular flexibility index (Phi) is 8.02. The molecule has 202 valence electrons. The topological polar surface area (TPSA) is 114 Å². The Bertz CT molecular complexity index is 1360. The maximum absolute atomic E-state index is 13.0. The number of nitrogens with zero attached hydrogens (tertiary/aromatic N) is 5. The molecule has 0 bridgehead atoms. The molecule has 11 nitrogen and oxygen atoms in total. The molecule has 0 N–H and O–H groups in total. The van der Waals surface area contributed by atoms with Gasteiger partial charge in [-0.25, -0.2) is 12.7 Å². The first-order valence-electron chi connectivity index (χ1n) is 11.9. The number of rotatable bonds is 8. The van der Waals surface area contributed by atoms with Crippen molar-refractivity contribution in [2.45, 2.75) is 4.90 Å². The van der Waals surface area contributed by atoms with E-state index in [1.165, 1.54) is 26.2 Å². The van der Waals surface area contributed by atoms with Gasteiger partial charge in [-0.15, -0.1) is 10.2 Å². The molecule has 1 aliphatic heterocycles. The van der Waals surface area contributed by atoms with Crippen molar-refractivity contribution < 1.29 is 27.4 Å². The summed E-state index contributed by atoms with van der Waals surface area (Å²) < 4.78 is 41.9. The lowest BCUT2D eigenvalue weighted by atomic mass is 10.1. The summed E-state index contributed by atoms with van der Waals surface area (Å²) in [6.07, 6.45) is 0. The van der Waals surface area contributed by atoms with Crippen molar-refractivity contribution in [3.8, 4) is 28.5 Å². The summed E-state index contributed by atoms with van der Waals surface area (Å²) in [6, 6.07) is 13.4. The molecule has 0 unspecified atom stereocenters. The van der Waals surface area contributed by atoms with E-state index in [0.717, 1.165) is 9.87 Å². The van der Waals surface area contributed by atoms with Gasteiger partial charge in [0.1, 0.15) is 0 Å². The lowest BCUT2D eigenvalue weighted by Gasteiger charge is -2.35. The van der Waals surface area contributed by atoms with Crippen LogP contribution in [0.5, 0.6) is 17.2 Å². The lowest BCUT2D eigenvalue weighted by molar-refractivity contribution is 0.0746. The molecule has 1 saturated heterocycles. The first kappa shape index (κ1) is 27.1. The van der Waals surface area contributed by atoms with Crippen LogP contribution >= 0.6 is 0 Å². The number of carbonyl (C=O) groups is 1. The number of benzene rings is 2. The van der Waals surface area contributed by atoms with Gasteiger partial charge in [0.25, 0.3) is 5.91 Å². The fourth-order valence-corrected chi connectivity index (χ4v) is 5.08. The van der Waals surface area contributed by atoms with Crippen LogP contribution in [0.25, 0.3) is 11.3 Å². The number of piperazine rings is 1. The van der Waals surface area contributed by atoms with Crippen LogP contribution in [0.3, 0.4) is 0 Å². The summed E-state index contributed by atoms with van der Waals surface area (Å²) >= 11 is 0. The normalized spacial score (nSPS) is 13.9. The number of hydrogen-bond donors (Lipinski definition) is 0. The SMILES string of the molecule is COc1cc(-c2ccc(N3CCN(C(=O)c4ccc(S(=O)(=O)N(C)C)cc4)CC3)nn2)cc(OC)c1OC. The number of hydrogen-bond acceptors (Lipinski definition) is 9. The molecule has 4 rings (SSSR count). The van der Waals surface area contributed by atoms with Crippen LogP contribution in [0.15, 0.2) is 53.4 Å². The van der Waals surface area contributed by atoms with Crippen LogP contribution in [0.4, 0.5) is 5.82 Å². The lowest BCUT2D eigenvalue weighted by Crippen LogP contribution is -2.49. The zero-order valence-electron chi connectivity index (χ0n) is 22.0. The van der Waals surface area contributed by atoms with E-state index in [4.69, 9.17) is 14.2 Å². The van der Waals surface area contributed by atoms with Crippen molar-refractivity contribution >= 4 is 21.7 Å². The highest BCUT2D eigenvalue weighted by molar-refractivity contribution is 7.89. The van der Waals surface area contributed by atoms with E-state index in [9.17, 15) is 13.2 Å². The second-order valence-corrected chi connectivity index (χ2v) is 10.9. The number of carbonyl (C=O) groups excluding carboxylic acids is 1. The number of amides is 1. The molecule has 1 aromatic heterocycles. The maximum atomic E-state index is 13.0. The van der Waals surface area contributed by atoms with E-state index < -0.39 is 10.0 Å². The van der Waals surface area contributed by atoms with Crippen LogP contribution in [0, 0.1) is 0 Å². The highest BCUT2D eigenvalue weighted by Gasteiger charge is 2.24. The van der Waals surface area contributed by atoms with Gasteiger partial charge in [0.15, 0.2) is 17.3 Å². The van der Waals surface area contributed by atoms with E-state index in [-0.39, 0.29) is 10.8 Å². The van der Waals surface area contributed by atoms with E-state index in [0.29, 0.717) is 60.5 Å². The van der Waals surface area contributed by atoms with Crippen LogP contribution in [0.2, 0.25) is 0 Å². The minimum atomic E-state index is -3.54. The zero-order valence-corrected chi connectivity index (χ0v) is 22.9. The molecular weight excluding hydrogens is 510 g/mol. The fourth-order valence-electron chi connectivity index (χ4n) is 4.18. The molecule has 0 saturated carbocycles. The minimum Gasteiger partial charge on any atom is -0.493 e. The summed E-state index contributed by atoms with van der Waals surface area (Å²) in [5, 5.41) is 8.80. The molecule has 38 heavy (non-hydrogen) atoms. The van der Waals surface area contributed by atoms with Gasteiger partial charge in [0.05, 0.1) is 31.9 Å². The monoisotopic (exact) mass is 541 g/mol. The van der Waals surface area contributed by atoms with Gasteiger partial charge < -0.3 is 24.0 Å². The molecule has 0 atom stereocenters. The third-order valence-corrected chi connectivity index (χ3v) is 8.21. The van der Waals surface area contributed by atoms with Gasteiger partial charge in [-0.3, -0.25) is 4.79 Å². The van der Waals surface area contributed by atoms with Crippen molar-refractivity contribution in [3.05, 3.63) is 54.1 Å². The van der Waals surface area contributed by atoms with Crippen LogP contribution < -0.4 is 19.1 Å². The van der Waals surface area contributed by atoms with Gasteiger partial charge in [-0.2, -0.15) is 0 Å². The molecule has 1 amide bonds. The molecule has 12 heteroatoms. The fraction of sp³-hybridized carbons (Fsp3) is 0.346. The molecule has 2 aromatic carbocycles. The molecule has 0 spiro atoms. The molecule has 0 aliphatic carbocycles. The average Bonchev–Trinajstić information content (AvgIpc) is 2.96. The van der Waals surface area contributed by atoms with Crippen LogP contribution in [-0.2, 0) is 10.0 Å². The summed E-state index contributed by atoms with van der Waals surface area (Å²) in [5.74, 6) is 2.14. The largest absolute Gasteiger partial charge is 0.493 e. The summed E-state index contributed by atoms with van der Waals surface area (Å²) in [5.41, 5.74) is 1.88. The summed E-state index contributed by atoms with van der Waals surface area (Å²) in [4.78, 5) is 17.0. The van der Waals surface area contributed by atoms with Gasteiger partial charge in [0.2, 0.25) is 15.8 Å². The van der Waals surface area contributed by atoms with Crippen molar-refractivity contribution in [1.82, 2.24) is 19.4 Å². The van der Waals surface area contributed by atoms with Gasteiger partial charge in [-0.05, 0) is 48.5 Å². The number of sulfonamides is 1. The highest BCUT2D eigenvalue weighted by atomic mass is 32.2. The quantitative estimate of drug-likeness (QED) is 0.424. The van der Waals surface area contributed by atoms with Crippen molar-refractivity contribution in [2.75, 3.05) is 66.5 Å². The molecule has 2 heterocycles. The summed E-state index contributed by atoms with van der Waals surface area (Å²) in [6.45, 7) is 2.20. The molecule has 3 aromatic rings. The Morgan fingerprint density at radius 1 is 0.842 bits per heavy atom. The van der Waals surface area contributed by atoms with Crippen molar-refractivity contribution in [3.63, 3.8) is 0 Å². The Balaban J connectivity index is 1.41. The minimum absolute atomic E-state index is 0.137. The van der Waals surface area contributed by atoms with E-state index in [2.05, 4.69) is 15.1 Å². The second kappa shape index (κ2) is 11.2. The maximum Gasteiger partial charge on any atom is 0.253 e. The smallest absolute Gasteiger partial charge is 0.253 e. The third-order valence-electron chi connectivity index (χ3n) is 6.38. The van der Waals surface area contributed by atoms with E-state index in [1.807, 2.05) is 24.3 Å². The van der Waals surface area contributed by atoms with Gasteiger partial charge in [-0.1, -0.05) is 0 Å². The Hall–Kier alpha value is -3.90. The average molecular weight is 542 g/mol. The Labute approximate surface area is 222 Å². The number of ether oxygens (including phenoxy) is 3. The third kappa shape index (κ3) is 5.36. The molecule has 0 radical (unpaired) electrons. The van der Waals surface area contributed by atoms with Gasteiger partial charge in [0, 0.05) is 51.4 Å². The van der Waals surface area contributed by atoms with Gasteiger partial charge >= 0.3 is 0 Å². The van der Waals surface area contributed by atoms with Crippen molar-refractivity contribution in [2.24, 2.45) is 0 Å².